The summed E-state index contributed by atoms with van der Waals surface area (Å²) in [6.07, 6.45) is 0.685. The van der Waals surface area contributed by atoms with Crippen molar-refractivity contribution in [3.8, 4) is 5.75 Å². The molecular weight excluding hydrogens is 218 g/mol. The van der Waals surface area contributed by atoms with E-state index in [1.54, 1.807) is 12.1 Å². The molecule has 0 aliphatic rings. The minimum atomic E-state index is -0.426. The maximum Gasteiger partial charge on any atom is 0.308 e. The highest BCUT2D eigenvalue weighted by atomic mass is 16.5. The lowest BCUT2D eigenvalue weighted by molar-refractivity contribution is -0.131. The Balaban J connectivity index is 3.11. The summed E-state index contributed by atoms with van der Waals surface area (Å²) in [5.74, 6) is -0.110. The number of carbonyl (C=O) groups is 2. The molecule has 4 nitrogen and oxygen atoms in total. The molecule has 0 heterocycles. The van der Waals surface area contributed by atoms with Crippen LogP contribution in [-0.4, -0.2) is 25.3 Å². The van der Waals surface area contributed by atoms with E-state index in [-0.39, 0.29) is 0 Å². The molecule has 0 radical (unpaired) electrons. The second-order valence-corrected chi connectivity index (χ2v) is 3.61. The predicted molar refractivity (Wildman–Crippen MR) is 66.7 cm³/mol. The SMILES string of the molecule is CCN(CC)c1ccc(C=O)c(OC(C)=O)c1. The van der Waals surface area contributed by atoms with Crippen LogP contribution in [0.25, 0.3) is 0 Å². The third kappa shape index (κ3) is 3.31. The first-order valence-corrected chi connectivity index (χ1v) is 5.65. The van der Waals surface area contributed by atoms with E-state index in [4.69, 9.17) is 4.74 Å². The average molecular weight is 235 g/mol. The number of carbonyl (C=O) groups excluding carboxylic acids is 2. The number of rotatable bonds is 5. The summed E-state index contributed by atoms with van der Waals surface area (Å²) in [7, 11) is 0. The van der Waals surface area contributed by atoms with Crippen LogP contribution in [0, 0.1) is 0 Å². The fourth-order valence-electron chi connectivity index (χ4n) is 1.65. The van der Waals surface area contributed by atoms with E-state index in [0.717, 1.165) is 18.8 Å². The van der Waals surface area contributed by atoms with Crippen molar-refractivity contribution in [1.82, 2.24) is 0 Å². The first-order chi connectivity index (χ1) is 8.12. The van der Waals surface area contributed by atoms with Gasteiger partial charge in [-0.05, 0) is 26.0 Å². The third-order valence-corrected chi connectivity index (χ3v) is 2.51. The maximum absolute atomic E-state index is 10.9. The second kappa shape index (κ2) is 6.03. The Kier molecular flexibility index (Phi) is 4.69. The topological polar surface area (TPSA) is 46.6 Å². The standard InChI is InChI=1S/C13H17NO3/c1-4-14(5-2)12-7-6-11(9-15)13(8-12)17-10(3)16/h6-9H,4-5H2,1-3H3. The average Bonchev–Trinajstić information content (AvgIpc) is 2.30. The molecule has 92 valence electrons. The molecular formula is C13H17NO3. The number of hydrogen-bond acceptors (Lipinski definition) is 4. The Morgan fingerprint density at radius 3 is 2.47 bits per heavy atom. The van der Waals surface area contributed by atoms with E-state index in [1.807, 2.05) is 19.9 Å². The molecule has 0 saturated heterocycles. The summed E-state index contributed by atoms with van der Waals surface area (Å²) < 4.78 is 5.02. The molecule has 0 aliphatic heterocycles. The fraction of sp³-hybridized carbons (Fsp3) is 0.385. The minimum Gasteiger partial charge on any atom is -0.426 e. The first kappa shape index (κ1) is 13.2. The molecule has 1 rings (SSSR count). The second-order valence-electron chi connectivity index (χ2n) is 3.61. The zero-order chi connectivity index (χ0) is 12.8. The van der Waals surface area contributed by atoms with Crippen molar-refractivity contribution in [1.29, 1.82) is 0 Å². The van der Waals surface area contributed by atoms with Crippen LogP contribution in [0.1, 0.15) is 31.1 Å². The number of hydrogen-bond donors (Lipinski definition) is 0. The molecule has 0 aromatic heterocycles. The lowest BCUT2D eigenvalue weighted by atomic mass is 10.2. The van der Waals surface area contributed by atoms with Gasteiger partial charge in [-0.2, -0.15) is 0 Å². The minimum absolute atomic E-state index is 0.317. The number of aldehydes is 1. The van der Waals surface area contributed by atoms with E-state index >= 15 is 0 Å². The predicted octanol–water partition coefficient (Wildman–Crippen LogP) is 2.27. The van der Waals surface area contributed by atoms with Crippen LogP contribution in [0.4, 0.5) is 5.69 Å². The van der Waals surface area contributed by atoms with Gasteiger partial charge < -0.3 is 9.64 Å². The number of ether oxygens (including phenoxy) is 1. The molecule has 0 amide bonds. The van der Waals surface area contributed by atoms with Gasteiger partial charge in [0.2, 0.25) is 0 Å². The normalized spacial score (nSPS) is 9.82. The quantitative estimate of drug-likeness (QED) is 0.446. The molecule has 0 spiro atoms. The highest BCUT2D eigenvalue weighted by Gasteiger charge is 2.09. The van der Waals surface area contributed by atoms with Crippen LogP contribution in [0.3, 0.4) is 0 Å². The smallest absolute Gasteiger partial charge is 0.308 e. The summed E-state index contributed by atoms with van der Waals surface area (Å²) in [5.41, 5.74) is 1.33. The Bertz CT molecular complexity index is 411. The van der Waals surface area contributed by atoms with Crippen molar-refractivity contribution >= 4 is 17.9 Å². The zero-order valence-electron chi connectivity index (χ0n) is 10.4. The van der Waals surface area contributed by atoms with Crippen molar-refractivity contribution < 1.29 is 14.3 Å². The number of anilines is 1. The lowest BCUT2D eigenvalue weighted by Gasteiger charge is -2.21. The van der Waals surface area contributed by atoms with E-state index < -0.39 is 5.97 Å². The molecule has 0 unspecified atom stereocenters. The van der Waals surface area contributed by atoms with Gasteiger partial charge in [0.25, 0.3) is 0 Å². The number of esters is 1. The van der Waals surface area contributed by atoms with Crippen molar-refractivity contribution in [2.45, 2.75) is 20.8 Å². The Hall–Kier alpha value is -1.84. The van der Waals surface area contributed by atoms with Crippen LogP contribution >= 0.6 is 0 Å². The molecule has 1 aromatic carbocycles. The van der Waals surface area contributed by atoms with Gasteiger partial charge in [0.05, 0.1) is 5.56 Å². The van der Waals surface area contributed by atoms with Gasteiger partial charge in [0, 0.05) is 31.8 Å². The van der Waals surface area contributed by atoms with Gasteiger partial charge in [-0.1, -0.05) is 0 Å². The largest absolute Gasteiger partial charge is 0.426 e. The molecule has 1 aromatic rings. The summed E-state index contributed by atoms with van der Waals surface area (Å²) in [6.45, 7) is 7.12. The van der Waals surface area contributed by atoms with Crippen LogP contribution < -0.4 is 9.64 Å². The summed E-state index contributed by atoms with van der Waals surface area (Å²) in [5, 5.41) is 0. The Morgan fingerprint density at radius 1 is 1.35 bits per heavy atom. The van der Waals surface area contributed by atoms with Crippen LogP contribution in [-0.2, 0) is 4.79 Å². The van der Waals surface area contributed by atoms with Crippen molar-refractivity contribution in [2.75, 3.05) is 18.0 Å². The van der Waals surface area contributed by atoms with Gasteiger partial charge in [-0.3, -0.25) is 9.59 Å². The van der Waals surface area contributed by atoms with Crippen LogP contribution in [0.2, 0.25) is 0 Å². The summed E-state index contributed by atoms with van der Waals surface area (Å²) in [4.78, 5) is 23.9. The Morgan fingerprint density at radius 2 is 2.00 bits per heavy atom. The first-order valence-electron chi connectivity index (χ1n) is 5.65. The van der Waals surface area contributed by atoms with Gasteiger partial charge in [-0.25, -0.2) is 0 Å². The zero-order valence-corrected chi connectivity index (χ0v) is 10.4. The van der Waals surface area contributed by atoms with Gasteiger partial charge >= 0.3 is 5.97 Å². The van der Waals surface area contributed by atoms with Gasteiger partial charge in [0.15, 0.2) is 6.29 Å². The highest BCUT2D eigenvalue weighted by molar-refractivity contribution is 5.83. The summed E-state index contributed by atoms with van der Waals surface area (Å²) in [6, 6.07) is 5.24. The summed E-state index contributed by atoms with van der Waals surface area (Å²) >= 11 is 0. The molecule has 0 atom stereocenters. The van der Waals surface area contributed by atoms with E-state index in [9.17, 15) is 9.59 Å². The van der Waals surface area contributed by atoms with Gasteiger partial charge in [0.1, 0.15) is 5.75 Å². The van der Waals surface area contributed by atoms with Crippen molar-refractivity contribution in [2.24, 2.45) is 0 Å². The van der Waals surface area contributed by atoms with Crippen LogP contribution in [0.15, 0.2) is 18.2 Å². The van der Waals surface area contributed by atoms with Crippen LogP contribution in [0.5, 0.6) is 5.75 Å². The maximum atomic E-state index is 10.9. The van der Waals surface area contributed by atoms with E-state index in [1.165, 1.54) is 6.92 Å². The van der Waals surface area contributed by atoms with E-state index in [0.29, 0.717) is 17.6 Å². The third-order valence-electron chi connectivity index (χ3n) is 2.51. The number of benzene rings is 1. The fourth-order valence-corrected chi connectivity index (χ4v) is 1.65. The van der Waals surface area contributed by atoms with E-state index in [2.05, 4.69) is 4.90 Å². The molecule has 4 heteroatoms. The molecule has 0 fully saturated rings. The van der Waals surface area contributed by atoms with Gasteiger partial charge in [-0.15, -0.1) is 0 Å². The van der Waals surface area contributed by atoms with Crippen molar-refractivity contribution in [3.63, 3.8) is 0 Å². The Labute approximate surface area is 101 Å². The number of nitrogens with zero attached hydrogens (tertiary/aromatic N) is 1. The monoisotopic (exact) mass is 235 g/mol. The molecule has 0 bridgehead atoms. The molecule has 0 aliphatic carbocycles. The molecule has 17 heavy (non-hydrogen) atoms. The molecule has 0 saturated carbocycles. The van der Waals surface area contributed by atoms with Crippen molar-refractivity contribution in [3.05, 3.63) is 23.8 Å². The highest BCUT2D eigenvalue weighted by Crippen LogP contribution is 2.25. The lowest BCUT2D eigenvalue weighted by Crippen LogP contribution is -2.21. The molecule has 0 N–H and O–H groups in total.